The molecule has 0 spiro atoms. The lowest BCUT2D eigenvalue weighted by atomic mass is 9.98. The fraction of sp³-hybridized carbons (Fsp3) is 0.667. The van der Waals surface area contributed by atoms with Gasteiger partial charge < -0.3 is 15.2 Å². The van der Waals surface area contributed by atoms with Crippen LogP contribution in [0.2, 0.25) is 0 Å². The van der Waals surface area contributed by atoms with Crippen LogP contribution in [-0.4, -0.2) is 30.5 Å². The standard InChI is InChI=1S/C18H29NO2/c1-14-8-6-7-11-18(14)15(2)19-12-16(20)13-21-17-9-4-3-5-10-17/h6-8,11,15-17,19-20H,3-5,9-10,12-13H2,1-2H3/t15-,16?/m0/s1. The average molecular weight is 291 g/mol. The molecule has 2 atom stereocenters. The first-order valence-corrected chi connectivity index (χ1v) is 8.25. The molecular weight excluding hydrogens is 262 g/mol. The highest BCUT2D eigenvalue weighted by atomic mass is 16.5. The Morgan fingerprint density at radius 1 is 1.24 bits per heavy atom. The third kappa shape index (κ3) is 5.42. The number of aliphatic hydroxyl groups is 1. The first kappa shape index (κ1) is 16.5. The van der Waals surface area contributed by atoms with E-state index in [1.807, 2.05) is 0 Å². The molecule has 0 bridgehead atoms. The van der Waals surface area contributed by atoms with Gasteiger partial charge in [0, 0.05) is 12.6 Å². The highest BCUT2D eigenvalue weighted by Gasteiger charge is 2.16. The van der Waals surface area contributed by atoms with Crippen LogP contribution in [0.4, 0.5) is 0 Å². The molecule has 21 heavy (non-hydrogen) atoms. The van der Waals surface area contributed by atoms with Crippen LogP contribution in [0.3, 0.4) is 0 Å². The van der Waals surface area contributed by atoms with Crippen LogP contribution in [0, 0.1) is 6.92 Å². The maximum Gasteiger partial charge on any atom is 0.0898 e. The molecular formula is C18H29NO2. The minimum absolute atomic E-state index is 0.246. The van der Waals surface area contributed by atoms with Crippen molar-refractivity contribution in [3.63, 3.8) is 0 Å². The molecule has 1 aliphatic carbocycles. The van der Waals surface area contributed by atoms with Crippen LogP contribution < -0.4 is 5.32 Å². The maximum atomic E-state index is 10.1. The quantitative estimate of drug-likeness (QED) is 0.809. The summed E-state index contributed by atoms with van der Waals surface area (Å²) in [5.74, 6) is 0. The number of hydrogen-bond acceptors (Lipinski definition) is 3. The van der Waals surface area contributed by atoms with Gasteiger partial charge in [-0.05, 0) is 37.8 Å². The van der Waals surface area contributed by atoms with Crippen molar-refractivity contribution in [2.24, 2.45) is 0 Å². The summed E-state index contributed by atoms with van der Waals surface area (Å²) < 4.78 is 5.82. The lowest BCUT2D eigenvalue weighted by molar-refractivity contribution is -0.0235. The molecule has 3 heteroatoms. The van der Waals surface area contributed by atoms with Gasteiger partial charge in [0.1, 0.15) is 0 Å². The molecule has 1 aromatic carbocycles. The zero-order chi connectivity index (χ0) is 15.1. The second-order valence-electron chi connectivity index (χ2n) is 6.23. The normalized spacial score (nSPS) is 19.4. The van der Waals surface area contributed by atoms with E-state index in [4.69, 9.17) is 4.74 Å². The minimum Gasteiger partial charge on any atom is -0.389 e. The van der Waals surface area contributed by atoms with Crippen molar-refractivity contribution in [3.05, 3.63) is 35.4 Å². The summed E-state index contributed by atoms with van der Waals surface area (Å²) in [4.78, 5) is 0. The van der Waals surface area contributed by atoms with Gasteiger partial charge in [-0.2, -0.15) is 0 Å². The highest BCUT2D eigenvalue weighted by molar-refractivity contribution is 5.28. The number of aliphatic hydroxyl groups excluding tert-OH is 1. The smallest absolute Gasteiger partial charge is 0.0898 e. The number of hydrogen-bond donors (Lipinski definition) is 2. The number of ether oxygens (including phenoxy) is 1. The summed E-state index contributed by atoms with van der Waals surface area (Å²) in [6, 6.07) is 8.62. The zero-order valence-electron chi connectivity index (χ0n) is 13.3. The summed E-state index contributed by atoms with van der Waals surface area (Å²) in [7, 11) is 0. The van der Waals surface area contributed by atoms with Gasteiger partial charge in [-0.1, -0.05) is 43.5 Å². The van der Waals surface area contributed by atoms with E-state index < -0.39 is 6.10 Å². The van der Waals surface area contributed by atoms with Gasteiger partial charge in [0.25, 0.3) is 0 Å². The van der Waals surface area contributed by atoms with E-state index in [0.29, 0.717) is 19.3 Å². The van der Waals surface area contributed by atoms with Gasteiger partial charge in [-0.3, -0.25) is 0 Å². The Balaban J connectivity index is 1.68. The molecule has 3 nitrogen and oxygen atoms in total. The van der Waals surface area contributed by atoms with Crippen molar-refractivity contribution in [2.75, 3.05) is 13.2 Å². The second kappa shape index (κ2) is 8.52. The van der Waals surface area contributed by atoms with Gasteiger partial charge in [-0.25, -0.2) is 0 Å². The van der Waals surface area contributed by atoms with E-state index in [0.717, 1.165) is 12.8 Å². The number of benzene rings is 1. The van der Waals surface area contributed by atoms with Crippen LogP contribution in [0.1, 0.15) is 56.2 Å². The molecule has 2 N–H and O–H groups in total. The molecule has 0 saturated heterocycles. The lowest BCUT2D eigenvalue weighted by Crippen LogP contribution is -2.34. The number of rotatable bonds is 7. The third-order valence-electron chi connectivity index (χ3n) is 4.39. The fourth-order valence-corrected chi connectivity index (χ4v) is 3.03. The van der Waals surface area contributed by atoms with Crippen molar-refractivity contribution in [3.8, 4) is 0 Å². The van der Waals surface area contributed by atoms with Crippen LogP contribution in [-0.2, 0) is 4.74 Å². The number of aryl methyl sites for hydroxylation is 1. The number of nitrogens with one attached hydrogen (secondary N) is 1. The summed E-state index contributed by atoms with van der Waals surface area (Å²) in [6.07, 6.45) is 6.10. The second-order valence-corrected chi connectivity index (χ2v) is 6.23. The van der Waals surface area contributed by atoms with E-state index in [-0.39, 0.29) is 6.04 Å². The molecule has 118 valence electrons. The van der Waals surface area contributed by atoms with Crippen LogP contribution in [0.15, 0.2) is 24.3 Å². The van der Waals surface area contributed by atoms with Gasteiger partial charge in [0.2, 0.25) is 0 Å². The molecule has 0 heterocycles. The third-order valence-corrected chi connectivity index (χ3v) is 4.39. The van der Waals surface area contributed by atoms with E-state index in [2.05, 4.69) is 43.4 Å². The highest BCUT2D eigenvalue weighted by Crippen LogP contribution is 2.20. The summed E-state index contributed by atoms with van der Waals surface area (Å²) in [5.41, 5.74) is 2.57. The SMILES string of the molecule is Cc1ccccc1[C@H](C)NCC(O)COC1CCCCC1. The molecule has 0 aromatic heterocycles. The Morgan fingerprint density at radius 2 is 1.95 bits per heavy atom. The molecule has 1 unspecified atom stereocenters. The van der Waals surface area contributed by atoms with Crippen molar-refractivity contribution in [2.45, 2.75) is 64.2 Å². The lowest BCUT2D eigenvalue weighted by Gasteiger charge is -2.24. The maximum absolute atomic E-state index is 10.1. The minimum atomic E-state index is -0.432. The van der Waals surface area contributed by atoms with Crippen molar-refractivity contribution in [1.29, 1.82) is 0 Å². The first-order valence-electron chi connectivity index (χ1n) is 8.25. The fourth-order valence-electron chi connectivity index (χ4n) is 3.03. The largest absolute Gasteiger partial charge is 0.389 e. The summed E-state index contributed by atoms with van der Waals surface area (Å²) >= 11 is 0. The summed E-state index contributed by atoms with van der Waals surface area (Å²) in [6.45, 7) is 5.27. The van der Waals surface area contributed by atoms with E-state index in [9.17, 15) is 5.11 Å². The Hall–Kier alpha value is -0.900. The van der Waals surface area contributed by atoms with Gasteiger partial charge in [-0.15, -0.1) is 0 Å². The molecule has 1 saturated carbocycles. The van der Waals surface area contributed by atoms with Gasteiger partial charge in [0.15, 0.2) is 0 Å². The molecule has 1 aromatic rings. The molecule has 1 aliphatic rings. The first-order chi connectivity index (χ1) is 10.2. The van der Waals surface area contributed by atoms with Crippen LogP contribution in [0.5, 0.6) is 0 Å². The van der Waals surface area contributed by atoms with Crippen LogP contribution in [0.25, 0.3) is 0 Å². The Labute approximate surface area is 128 Å². The monoisotopic (exact) mass is 291 g/mol. The van der Waals surface area contributed by atoms with E-state index >= 15 is 0 Å². The van der Waals surface area contributed by atoms with Gasteiger partial charge >= 0.3 is 0 Å². The van der Waals surface area contributed by atoms with Gasteiger partial charge in [0.05, 0.1) is 18.8 Å². The molecule has 2 rings (SSSR count). The van der Waals surface area contributed by atoms with Crippen molar-refractivity contribution in [1.82, 2.24) is 5.32 Å². The Bertz CT molecular complexity index is 415. The Kier molecular flexibility index (Phi) is 6.68. The molecule has 0 radical (unpaired) electrons. The molecule has 0 aliphatic heterocycles. The summed E-state index contributed by atoms with van der Waals surface area (Å²) in [5, 5.41) is 13.5. The van der Waals surface area contributed by atoms with Crippen LogP contribution >= 0.6 is 0 Å². The molecule has 1 fully saturated rings. The zero-order valence-corrected chi connectivity index (χ0v) is 13.3. The average Bonchev–Trinajstić information content (AvgIpc) is 2.52. The molecule has 0 amide bonds. The predicted octanol–water partition coefficient (Wildman–Crippen LogP) is 3.36. The topological polar surface area (TPSA) is 41.5 Å². The Morgan fingerprint density at radius 3 is 2.67 bits per heavy atom. The predicted molar refractivity (Wildman–Crippen MR) is 86.4 cm³/mol. The van der Waals surface area contributed by atoms with E-state index in [1.54, 1.807) is 0 Å². The van der Waals surface area contributed by atoms with Crippen molar-refractivity contribution >= 4 is 0 Å². The van der Waals surface area contributed by atoms with Crippen molar-refractivity contribution < 1.29 is 9.84 Å². The van der Waals surface area contributed by atoms with E-state index in [1.165, 1.54) is 30.4 Å².